The Morgan fingerprint density at radius 1 is 1.20 bits per heavy atom. The maximum absolute atomic E-state index is 2.46. The van der Waals surface area contributed by atoms with Crippen LogP contribution in [0.2, 0.25) is 12.6 Å². The second-order valence-corrected chi connectivity index (χ2v) is 3.80. The van der Waals surface area contributed by atoms with Crippen LogP contribution >= 0.6 is 0 Å². The topological polar surface area (TPSA) is 0 Å². The Labute approximate surface area is 65.6 Å². The predicted molar refractivity (Wildman–Crippen MR) is 47.5 cm³/mol. The van der Waals surface area contributed by atoms with Crippen LogP contribution in [0.5, 0.6) is 0 Å². The highest BCUT2D eigenvalue weighted by Crippen LogP contribution is 2.26. The van der Waals surface area contributed by atoms with E-state index in [-0.39, 0.29) is 0 Å². The Morgan fingerprint density at radius 2 is 2.00 bits per heavy atom. The highest BCUT2D eigenvalue weighted by atomic mass is 14.2. The third-order valence-electron chi connectivity index (χ3n) is 2.67. The van der Waals surface area contributed by atoms with Gasteiger partial charge >= 0.3 is 0 Å². The SMILES string of the molecule is CC(C)C1CC[B]CCC1. The van der Waals surface area contributed by atoms with Gasteiger partial charge in [0.05, 0.1) is 0 Å². The first-order valence-corrected chi connectivity index (χ1v) is 4.62. The monoisotopic (exact) mass is 137 g/mol. The lowest BCUT2D eigenvalue weighted by molar-refractivity contribution is 0.351. The van der Waals surface area contributed by atoms with E-state index < -0.39 is 0 Å². The smallest absolute Gasteiger partial charge is 0.0803 e. The van der Waals surface area contributed by atoms with Crippen LogP contribution in [0.3, 0.4) is 0 Å². The molecule has 0 nitrogen and oxygen atoms in total. The molecule has 1 heterocycles. The maximum atomic E-state index is 2.46. The van der Waals surface area contributed by atoms with Crippen molar-refractivity contribution in [2.45, 2.75) is 45.8 Å². The van der Waals surface area contributed by atoms with Gasteiger partial charge in [0.15, 0.2) is 0 Å². The van der Waals surface area contributed by atoms with E-state index in [2.05, 4.69) is 21.1 Å². The molecule has 0 bridgehead atoms. The van der Waals surface area contributed by atoms with Gasteiger partial charge in [0.2, 0.25) is 0 Å². The van der Waals surface area contributed by atoms with E-state index >= 15 is 0 Å². The van der Waals surface area contributed by atoms with Crippen LogP contribution in [0, 0.1) is 11.8 Å². The highest BCUT2D eigenvalue weighted by Gasteiger charge is 2.14. The largest absolute Gasteiger partial charge is 0.109 e. The first-order chi connectivity index (χ1) is 4.80. The molecule has 1 unspecified atom stereocenters. The molecule has 0 aromatic carbocycles. The van der Waals surface area contributed by atoms with Crippen LogP contribution < -0.4 is 0 Å². The summed E-state index contributed by atoms with van der Waals surface area (Å²) < 4.78 is 0. The predicted octanol–water partition coefficient (Wildman–Crippen LogP) is 2.98. The third-order valence-corrected chi connectivity index (χ3v) is 2.67. The van der Waals surface area contributed by atoms with Gasteiger partial charge in [-0.2, -0.15) is 0 Å². The Bertz CT molecular complexity index is 80.7. The molecule has 57 valence electrons. The maximum Gasteiger partial charge on any atom is 0.109 e. The van der Waals surface area contributed by atoms with Crippen LogP contribution in [0.4, 0.5) is 0 Å². The van der Waals surface area contributed by atoms with E-state index in [9.17, 15) is 0 Å². The van der Waals surface area contributed by atoms with Gasteiger partial charge in [0.1, 0.15) is 7.28 Å². The molecule has 10 heavy (non-hydrogen) atoms. The fraction of sp³-hybridized carbons (Fsp3) is 1.00. The zero-order chi connectivity index (χ0) is 7.40. The summed E-state index contributed by atoms with van der Waals surface area (Å²) in [6, 6.07) is 0. The molecule has 1 atom stereocenters. The summed E-state index contributed by atoms with van der Waals surface area (Å²) in [6.07, 6.45) is 7.07. The lowest BCUT2D eigenvalue weighted by Crippen LogP contribution is -2.06. The normalized spacial score (nSPS) is 27.7. The van der Waals surface area contributed by atoms with E-state index in [0.29, 0.717) is 0 Å². The minimum Gasteiger partial charge on any atom is -0.0803 e. The molecule has 1 fully saturated rings. The van der Waals surface area contributed by atoms with Crippen molar-refractivity contribution < 1.29 is 0 Å². The first-order valence-electron chi connectivity index (χ1n) is 4.62. The fourth-order valence-electron chi connectivity index (χ4n) is 1.81. The zero-order valence-electron chi connectivity index (χ0n) is 7.27. The zero-order valence-corrected chi connectivity index (χ0v) is 7.27. The molecule has 1 rings (SSSR count). The lowest BCUT2D eigenvalue weighted by atomic mass is 9.70. The minimum atomic E-state index is 0.909. The van der Waals surface area contributed by atoms with Crippen molar-refractivity contribution in [3.05, 3.63) is 0 Å². The van der Waals surface area contributed by atoms with Crippen molar-refractivity contribution >= 4 is 7.28 Å². The van der Waals surface area contributed by atoms with Crippen LogP contribution in [0.1, 0.15) is 33.1 Å². The summed E-state index contributed by atoms with van der Waals surface area (Å²) in [5, 5.41) is 0. The van der Waals surface area contributed by atoms with Crippen LogP contribution in [-0.4, -0.2) is 7.28 Å². The van der Waals surface area contributed by atoms with Crippen LogP contribution in [0.25, 0.3) is 0 Å². The van der Waals surface area contributed by atoms with Crippen molar-refractivity contribution in [1.29, 1.82) is 0 Å². The van der Waals surface area contributed by atoms with Crippen molar-refractivity contribution in [3.63, 3.8) is 0 Å². The van der Waals surface area contributed by atoms with Gasteiger partial charge in [0.25, 0.3) is 0 Å². The van der Waals surface area contributed by atoms with Crippen LogP contribution in [-0.2, 0) is 0 Å². The molecule has 0 aromatic rings. The van der Waals surface area contributed by atoms with Gasteiger partial charge in [-0.15, -0.1) is 0 Å². The van der Waals surface area contributed by atoms with E-state index in [1.165, 1.54) is 31.9 Å². The van der Waals surface area contributed by atoms with E-state index in [4.69, 9.17) is 0 Å². The number of hydrogen-bond acceptors (Lipinski definition) is 0. The van der Waals surface area contributed by atoms with Gasteiger partial charge in [0, 0.05) is 0 Å². The summed E-state index contributed by atoms with van der Waals surface area (Å²) in [7, 11) is 2.46. The lowest BCUT2D eigenvalue weighted by Gasteiger charge is -2.17. The van der Waals surface area contributed by atoms with Crippen molar-refractivity contribution in [2.75, 3.05) is 0 Å². The Balaban J connectivity index is 2.28. The molecular weight excluding hydrogens is 119 g/mol. The summed E-state index contributed by atoms with van der Waals surface area (Å²) in [5.41, 5.74) is 0. The van der Waals surface area contributed by atoms with Crippen LogP contribution in [0.15, 0.2) is 0 Å². The number of hydrogen-bond donors (Lipinski definition) is 0. The Kier molecular flexibility index (Phi) is 3.31. The van der Waals surface area contributed by atoms with Gasteiger partial charge in [-0.05, 0) is 11.8 Å². The third kappa shape index (κ3) is 2.36. The molecular formula is C9H18B. The van der Waals surface area contributed by atoms with E-state index in [0.717, 1.165) is 11.8 Å². The van der Waals surface area contributed by atoms with Gasteiger partial charge < -0.3 is 0 Å². The van der Waals surface area contributed by atoms with Gasteiger partial charge in [-0.3, -0.25) is 0 Å². The average molecular weight is 137 g/mol. The van der Waals surface area contributed by atoms with Crippen molar-refractivity contribution in [1.82, 2.24) is 0 Å². The average Bonchev–Trinajstić information content (AvgIpc) is 2.12. The highest BCUT2D eigenvalue weighted by molar-refractivity contribution is 6.35. The molecule has 0 aromatic heterocycles. The molecule has 1 heteroatoms. The second-order valence-electron chi connectivity index (χ2n) is 3.80. The standard InChI is InChI=1S/C9H18B/c1-8(2)9-4-3-6-10-7-5-9/h8-9H,3-7H2,1-2H3. The summed E-state index contributed by atoms with van der Waals surface area (Å²) in [6.45, 7) is 4.71. The quantitative estimate of drug-likeness (QED) is 0.487. The Hall–Kier alpha value is 0.0649. The fourth-order valence-corrected chi connectivity index (χ4v) is 1.81. The molecule has 0 spiro atoms. The molecule has 1 aliphatic heterocycles. The Morgan fingerprint density at radius 3 is 2.70 bits per heavy atom. The van der Waals surface area contributed by atoms with E-state index in [1.807, 2.05) is 0 Å². The summed E-state index contributed by atoms with van der Waals surface area (Å²) in [5.74, 6) is 1.92. The summed E-state index contributed by atoms with van der Waals surface area (Å²) in [4.78, 5) is 0. The van der Waals surface area contributed by atoms with Crippen molar-refractivity contribution in [2.24, 2.45) is 11.8 Å². The minimum absolute atomic E-state index is 0.909. The van der Waals surface area contributed by atoms with Crippen molar-refractivity contribution in [3.8, 4) is 0 Å². The first kappa shape index (κ1) is 8.16. The molecule has 0 N–H and O–H groups in total. The molecule has 1 saturated heterocycles. The molecule has 1 aliphatic rings. The second kappa shape index (κ2) is 4.05. The molecule has 0 saturated carbocycles. The molecule has 0 amide bonds. The van der Waals surface area contributed by atoms with Gasteiger partial charge in [-0.1, -0.05) is 45.8 Å². The summed E-state index contributed by atoms with van der Waals surface area (Å²) >= 11 is 0. The number of rotatable bonds is 1. The molecule has 1 radical (unpaired) electrons. The molecule has 0 aliphatic carbocycles. The van der Waals surface area contributed by atoms with E-state index in [1.54, 1.807) is 0 Å². The van der Waals surface area contributed by atoms with Gasteiger partial charge in [-0.25, -0.2) is 0 Å².